The van der Waals surface area contributed by atoms with Crippen LogP contribution in [0, 0.1) is 0 Å². The molecule has 3 heteroatoms. The molecule has 1 saturated carbocycles. The van der Waals surface area contributed by atoms with E-state index in [0.717, 1.165) is 23.5 Å². The Morgan fingerprint density at radius 1 is 1.24 bits per heavy atom. The van der Waals surface area contributed by atoms with Crippen molar-refractivity contribution in [1.82, 2.24) is 5.32 Å². The number of rotatable bonds is 5. The van der Waals surface area contributed by atoms with E-state index in [2.05, 4.69) is 42.2 Å². The van der Waals surface area contributed by atoms with E-state index < -0.39 is 0 Å². The van der Waals surface area contributed by atoms with Gasteiger partial charge in [-0.2, -0.15) is 11.8 Å². The molecule has 0 bridgehead atoms. The fourth-order valence-corrected chi connectivity index (χ4v) is 5.04. The standard InChI is InChI=1S/C18H27NOS/c1-3-21-18-6-4-5-17(18)19-15-9-7-13-8-10-16(20-2)12-14(13)11-15/h8,10,12,15,17-19H,3-7,9,11H2,1-2H3. The third-order valence-corrected chi connectivity index (χ3v) is 6.25. The van der Waals surface area contributed by atoms with Gasteiger partial charge in [-0.1, -0.05) is 19.4 Å². The first-order valence-electron chi connectivity index (χ1n) is 8.33. The number of nitrogens with one attached hydrogen (secondary N) is 1. The third kappa shape index (κ3) is 3.57. The van der Waals surface area contributed by atoms with E-state index in [0.29, 0.717) is 6.04 Å². The van der Waals surface area contributed by atoms with Crippen LogP contribution in [0.1, 0.15) is 43.7 Å². The Labute approximate surface area is 133 Å². The van der Waals surface area contributed by atoms with Crippen LogP contribution in [0.3, 0.4) is 0 Å². The van der Waals surface area contributed by atoms with Crippen molar-refractivity contribution in [2.24, 2.45) is 0 Å². The lowest BCUT2D eigenvalue weighted by Crippen LogP contribution is -2.44. The number of hydrogen-bond donors (Lipinski definition) is 1. The molecule has 2 aliphatic rings. The van der Waals surface area contributed by atoms with Gasteiger partial charge >= 0.3 is 0 Å². The maximum Gasteiger partial charge on any atom is 0.119 e. The number of aryl methyl sites for hydroxylation is 1. The SMILES string of the molecule is CCSC1CCCC1NC1CCc2ccc(OC)cc2C1. The minimum Gasteiger partial charge on any atom is -0.497 e. The maximum atomic E-state index is 5.37. The highest BCUT2D eigenvalue weighted by Crippen LogP contribution is 2.32. The zero-order chi connectivity index (χ0) is 14.7. The molecule has 21 heavy (non-hydrogen) atoms. The second-order valence-corrected chi connectivity index (χ2v) is 7.79. The minimum atomic E-state index is 0.646. The molecule has 0 saturated heterocycles. The zero-order valence-corrected chi connectivity index (χ0v) is 14.0. The van der Waals surface area contributed by atoms with Gasteiger partial charge in [0, 0.05) is 17.3 Å². The average molecular weight is 305 g/mol. The van der Waals surface area contributed by atoms with Gasteiger partial charge in [0.05, 0.1) is 7.11 Å². The molecule has 0 amide bonds. The van der Waals surface area contributed by atoms with Gasteiger partial charge in [0.1, 0.15) is 5.75 Å². The molecule has 0 spiro atoms. The fraction of sp³-hybridized carbons (Fsp3) is 0.667. The summed E-state index contributed by atoms with van der Waals surface area (Å²) in [6.07, 6.45) is 7.79. The van der Waals surface area contributed by atoms with E-state index in [1.54, 1.807) is 7.11 Å². The molecule has 1 aromatic rings. The molecular weight excluding hydrogens is 278 g/mol. The quantitative estimate of drug-likeness (QED) is 0.893. The Morgan fingerprint density at radius 2 is 2.14 bits per heavy atom. The van der Waals surface area contributed by atoms with Crippen LogP contribution < -0.4 is 10.1 Å². The van der Waals surface area contributed by atoms with Crippen LogP contribution in [0.15, 0.2) is 18.2 Å². The Balaban J connectivity index is 1.63. The molecule has 116 valence electrons. The molecule has 2 aliphatic carbocycles. The molecule has 0 radical (unpaired) electrons. The maximum absolute atomic E-state index is 5.37. The third-order valence-electron chi connectivity index (χ3n) is 4.92. The van der Waals surface area contributed by atoms with Gasteiger partial charge in [0.15, 0.2) is 0 Å². The highest BCUT2D eigenvalue weighted by Gasteiger charge is 2.30. The van der Waals surface area contributed by atoms with E-state index in [4.69, 9.17) is 4.74 Å². The number of hydrogen-bond acceptors (Lipinski definition) is 3. The molecule has 1 aromatic carbocycles. The Kier molecular flexibility index (Phi) is 5.12. The number of ether oxygens (including phenoxy) is 1. The molecule has 1 N–H and O–H groups in total. The summed E-state index contributed by atoms with van der Waals surface area (Å²) in [5.41, 5.74) is 3.00. The lowest BCUT2D eigenvalue weighted by Gasteiger charge is -2.31. The van der Waals surface area contributed by atoms with Crippen molar-refractivity contribution in [1.29, 1.82) is 0 Å². The summed E-state index contributed by atoms with van der Waals surface area (Å²) in [5.74, 6) is 2.24. The first kappa shape index (κ1) is 15.2. The average Bonchev–Trinajstić information content (AvgIpc) is 2.94. The number of fused-ring (bicyclic) bond motifs is 1. The number of benzene rings is 1. The van der Waals surface area contributed by atoms with Crippen LogP contribution >= 0.6 is 11.8 Å². The van der Waals surface area contributed by atoms with Crippen molar-refractivity contribution in [3.8, 4) is 5.75 Å². The van der Waals surface area contributed by atoms with Crippen LogP contribution in [0.2, 0.25) is 0 Å². The molecule has 3 unspecified atom stereocenters. The first-order chi connectivity index (χ1) is 10.3. The molecular formula is C18H27NOS. The second kappa shape index (κ2) is 7.06. The van der Waals surface area contributed by atoms with Crippen molar-refractivity contribution in [2.75, 3.05) is 12.9 Å². The van der Waals surface area contributed by atoms with Crippen molar-refractivity contribution < 1.29 is 4.74 Å². The molecule has 0 heterocycles. The summed E-state index contributed by atoms with van der Waals surface area (Å²) in [5, 5.41) is 4.80. The minimum absolute atomic E-state index is 0.646. The molecule has 3 rings (SSSR count). The van der Waals surface area contributed by atoms with Crippen LogP contribution in [0.25, 0.3) is 0 Å². The highest BCUT2D eigenvalue weighted by atomic mass is 32.2. The lowest BCUT2D eigenvalue weighted by atomic mass is 9.87. The molecule has 0 aliphatic heterocycles. The smallest absolute Gasteiger partial charge is 0.119 e. The van der Waals surface area contributed by atoms with Crippen LogP contribution in [0.5, 0.6) is 5.75 Å². The van der Waals surface area contributed by atoms with E-state index in [-0.39, 0.29) is 0 Å². The molecule has 1 fully saturated rings. The second-order valence-electron chi connectivity index (χ2n) is 6.27. The summed E-state index contributed by atoms with van der Waals surface area (Å²) < 4.78 is 5.37. The van der Waals surface area contributed by atoms with E-state index in [1.165, 1.54) is 49.0 Å². The lowest BCUT2D eigenvalue weighted by molar-refractivity contribution is 0.394. The van der Waals surface area contributed by atoms with Gasteiger partial charge < -0.3 is 10.1 Å². The van der Waals surface area contributed by atoms with Crippen LogP contribution in [-0.2, 0) is 12.8 Å². The van der Waals surface area contributed by atoms with Gasteiger partial charge in [-0.05, 0) is 61.1 Å². The van der Waals surface area contributed by atoms with Crippen LogP contribution in [0.4, 0.5) is 0 Å². The van der Waals surface area contributed by atoms with Gasteiger partial charge in [-0.3, -0.25) is 0 Å². The van der Waals surface area contributed by atoms with Crippen molar-refractivity contribution >= 4 is 11.8 Å². The number of methoxy groups -OCH3 is 1. The Bertz CT molecular complexity index is 476. The summed E-state index contributed by atoms with van der Waals surface area (Å²) in [6.45, 7) is 2.28. The van der Waals surface area contributed by atoms with Gasteiger partial charge in [0.2, 0.25) is 0 Å². The summed E-state index contributed by atoms with van der Waals surface area (Å²) in [7, 11) is 1.76. The van der Waals surface area contributed by atoms with E-state index >= 15 is 0 Å². The molecule has 3 atom stereocenters. The van der Waals surface area contributed by atoms with Crippen LogP contribution in [-0.4, -0.2) is 30.2 Å². The fourth-order valence-electron chi connectivity index (χ4n) is 3.84. The van der Waals surface area contributed by atoms with E-state index in [1.807, 2.05) is 0 Å². The Hall–Kier alpha value is -0.670. The van der Waals surface area contributed by atoms with E-state index in [9.17, 15) is 0 Å². The molecule has 2 nitrogen and oxygen atoms in total. The van der Waals surface area contributed by atoms with Gasteiger partial charge in [-0.15, -0.1) is 0 Å². The Morgan fingerprint density at radius 3 is 2.95 bits per heavy atom. The molecule has 0 aromatic heterocycles. The van der Waals surface area contributed by atoms with Crippen molar-refractivity contribution in [3.05, 3.63) is 29.3 Å². The monoisotopic (exact) mass is 305 g/mol. The summed E-state index contributed by atoms with van der Waals surface area (Å²) in [4.78, 5) is 0. The topological polar surface area (TPSA) is 21.3 Å². The normalized spacial score (nSPS) is 28.4. The predicted octanol–water partition coefficient (Wildman–Crippen LogP) is 3.82. The summed E-state index contributed by atoms with van der Waals surface area (Å²) >= 11 is 2.14. The predicted molar refractivity (Wildman–Crippen MR) is 91.5 cm³/mol. The largest absolute Gasteiger partial charge is 0.497 e. The van der Waals surface area contributed by atoms with Crippen molar-refractivity contribution in [2.45, 2.75) is 62.8 Å². The van der Waals surface area contributed by atoms with Crippen molar-refractivity contribution in [3.63, 3.8) is 0 Å². The van der Waals surface area contributed by atoms with Gasteiger partial charge in [-0.25, -0.2) is 0 Å². The number of thioether (sulfide) groups is 1. The highest BCUT2D eigenvalue weighted by molar-refractivity contribution is 7.99. The zero-order valence-electron chi connectivity index (χ0n) is 13.2. The first-order valence-corrected chi connectivity index (χ1v) is 9.38. The summed E-state index contributed by atoms with van der Waals surface area (Å²) in [6, 6.07) is 7.95. The van der Waals surface area contributed by atoms with Gasteiger partial charge in [0.25, 0.3) is 0 Å².